The van der Waals surface area contributed by atoms with Gasteiger partial charge in [-0.3, -0.25) is 9.63 Å². The summed E-state index contributed by atoms with van der Waals surface area (Å²) in [6.45, 7) is 1.25. The zero-order valence-corrected chi connectivity index (χ0v) is 9.57. The van der Waals surface area contributed by atoms with E-state index in [0.29, 0.717) is 24.6 Å². The molecule has 0 aliphatic carbocycles. The number of hydrogen-bond acceptors (Lipinski definition) is 5. The van der Waals surface area contributed by atoms with Gasteiger partial charge in [0.1, 0.15) is 0 Å². The molecule has 92 valence electrons. The van der Waals surface area contributed by atoms with Crippen molar-refractivity contribution in [2.45, 2.75) is 6.42 Å². The van der Waals surface area contributed by atoms with Crippen LogP contribution in [0.2, 0.25) is 0 Å². The molecule has 2 heterocycles. The van der Waals surface area contributed by atoms with Crippen molar-refractivity contribution >= 4 is 5.91 Å². The topological polar surface area (TPSA) is 68.5 Å². The number of hydroxylamine groups is 2. The van der Waals surface area contributed by atoms with Gasteiger partial charge < -0.3 is 4.42 Å². The van der Waals surface area contributed by atoms with Crippen molar-refractivity contribution in [3.8, 4) is 11.5 Å². The van der Waals surface area contributed by atoms with Crippen molar-refractivity contribution in [3.63, 3.8) is 0 Å². The number of nitrogens with zero attached hydrogens (tertiary/aromatic N) is 3. The van der Waals surface area contributed by atoms with Gasteiger partial charge in [-0.1, -0.05) is 0 Å². The molecule has 0 saturated carbocycles. The predicted octanol–water partition coefficient (Wildman–Crippen LogP) is 1.51. The first kappa shape index (κ1) is 10.9. The highest BCUT2D eigenvalue weighted by molar-refractivity contribution is 5.94. The van der Waals surface area contributed by atoms with Crippen molar-refractivity contribution in [3.05, 3.63) is 36.2 Å². The lowest BCUT2D eigenvalue weighted by Crippen LogP contribution is -2.26. The Morgan fingerprint density at radius 1 is 1.28 bits per heavy atom. The number of rotatable bonds is 2. The summed E-state index contributed by atoms with van der Waals surface area (Å²) in [7, 11) is 0. The number of carbonyl (C=O) groups is 1. The Morgan fingerprint density at radius 2 is 2.11 bits per heavy atom. The number of carbonyl (C=O) groups excluding carboxylic acids is 1. The molecule has 2 aromatic rings. The van der Waals surface area contributed by atoms with Crippen LogP contribution in [0.1, 0.15) is 16.8 Å². The van der Waals surface area contributed by atoms with Gasteiger partial charge >= 0.3 is 0 Å². The summed E-state index contributed by atoms with van der Waals surface area (Å²) in [4.78, 5) is 17.2. The highest BCUT2D eigenvalue weighted by Crippen LogP contribution is 2.18. The molecule has 0 radical (unpaired) electrons. The Kier molecular flexibility index (Phi) is 2.77. The predicted molar refractivity (Wildman–Crippen MR) is 61.3 cm³/mol. The average Bonchev–Trinajstić information content (AvgIpc) is 3.11. The summed E-state index contributed by atoms with van der Waals surface area (Å²) in [5.74, 6) is 0.316. The molecule has 1 saturated heterocycles. The van der Waals surface area contributed by atoms with Gasteiger partial charge in [0, 0.05) is 11.1 Å². The SMILES string of the molecule is O=C(c1ccc(-c2nnco2)cc1)N1CCCO1. The summed E-state index contributed by atoms with van der Waals surface area (Å²) in [6, 6.07) is 7.00. The molecule has 6 heteroatoms. The average molecular weight is 245 g/mol. The zero-order chi connectivity index (χ0) is 12.4. The molecule has 1 aromatic carbocycles. The van der Waals surface area contributed by atoms with Gasteiger partial charge in [0.15, 0.2) is 0 Å². The quantitative estimate of drug-likeness (QED) is 0.802. The minimum absolute atomic E-state index is 0.121. The molecule has 0 atom stereocenters. The van der Waals surface area contributed by atoms with E-state index in [-0.39, 0.29) is 5.91 Å². The molecule has 18 heavy (non-hydrogen) atoms. The van der Waals surface area contributed by atoms with Gasteiger partial charge in [0.2, 0.25) is 12.3 Å². The molecule has 0 N–H and O–H groups in total. The van der Waals surface area contributed by atoms with Crippen LogP contribution in [0.3, 0.4) is 0 Å². The van der Waals surface area contributed by atoms with Crippen LogP contribution in [0.5, 0.6) is 0 Å². The Morgan fingerprint density at radius 3 is 2.72 bits per heavy atom. The minimum Gasteiger partial charge on any atom is -0.423 e. The molecule has 1 aliphatic rings. The third-order valence-electron chi connectivity index (χ3n) is 2.72. The molecular weight excluding hydrogens is 234 g/mol. The molecule has 1 aliphatic heterocycles. The molecule has 0 bridgehead atoms. The van der Waals surface area contributed by atoms with Crippen LogP contribution in [0, 0.1) is 0 Å². The van der Waals surface area contributed by atoms with E-state index in [0.717, 1.165) is 12.0 Å². The van der Waals surface area contributed by atoms with Gasteiger partial charge in [-0.25, -0.2) is 5.06 Å². The molecule has 1 aromatic heterocycles. The van der Waals surface area contributed by atoms with Crippen LogP contribution in [-0.2, 0) is 4.84 Å². The number of aromatic nitrogens is 2. The van der Waals surface area contributed by atoms with Crippen LogP contribution in [-0.4, -0.2) is 34.3 Å². The fraction of sp³-hybridized carbons (Fsp3) is 0.250. The monoisotopic (exact) mass is 245 g/mol. The normalized spacial score (nSPS) is 15.0. The zero-order valence-electron chi connectivity index (χ0n) is 9.57. The van der Waals surface area contributed by atoms with Gasteiger partial charge in [-0.05, 0) is 30.7 Å². The van der Waals surface area contributed by atoms with Crippen molar-refractivity contribution in [2.75, 3.05) is 13.2 Å². The van der Waals surface area contributed by atoms with E-state index in [9.17, 15) is 4.79 Å². The molecule has 3 rings (SSSR count). The van der Waals surface area contributed by atoms with Crippen LogP contribution >= 0.6 is 0 Å². The second kappa shape index (κ2) is 4.58. The Labute approximate surface area is 103 Å². The van der Waals surface area contributed by atoms with E-state index in [4.69, 9.17) is 9.25 Å². The first-order valence-corrected chi connectivity index (χ1v) is 5.66. The van der Waals surface area contributed by atoms with E-state index < -0.39 is 0 Å². The number of amides is 1. The standard InChI is InChI=1S/C12H11N3O3/c16-12(15-6-1-7-18-15)10-4-2-9(3-5-10)11-14-13-8-17-11/h2-5,8H,1,6-7H2. The van der Waals surface area contributed by atoms with E-state index in [1.165, 1.54) is 11.5 Å². The largest absolute Gasteiger partial charge is 0.423 e. The van der Waals surface area contributed by atoms with Gasteiger partial charge in [-0.15, -0.1) is 10.2 Å². The van der Waals surface area contributed by atoms with E-state index >= 15 is 0 Å². The summed E-state index contributed by atoms with van der Waals surface area (Å²) in [5.41, 5.74) is 1.37. The van der Waals surface area contributed by atoms with Gasteiger partial charge in [0.25, 0.3) is 5.91 Å². The number of hydrogen-bond donors (Lipinski definition) is 0. The second-order valence-electron chi connectivity index (χ2n) is 3.92. The fourth-order valence-electron chi connectivity index (χ4n) is 1.81. The summed E-state index contributed by atoms with van der Waals surface area (Å²) < 4.78 is 5.08. The summed E-state index contributed by atoms with van der Waals surface area (Å²) in [6.07, 6.45) is 2.15. The highest BCUT2D eigenvalue weighted by atomic mass is 16.7. The van der Waals surface area contributed by atoms with E-state index in [1.807, 2.05) is 0 Å². The number of benzene rings is 1. The first-order valence-electron chi connectivity index (χ1n) is 5.66. The second-order valence-corrected chi connectivity index (χ2v) is 3.92. The van der Waals surface area contributed by atoms with Crippen LogP contribution in [0.25, 0.3) is 11.5 Å². The van der Waals surface area contributed by atoms with Crippen molar-refractivity contribution in [1.29, 1.82) is 0 Å². The highest BCUT2D eigenvalue weighted by Gasteiger charge is 2.20. The van der Waals surface area contributed by atoms with Crippen LogP contribution < -0.4 is 0 Å². The van der Waals surface area contributed by atoms with Crippen LogP contribution in [0.4, 0.5) is 0 Å². The van der Waals surface area contributed by atoms with E-state index in [1.54, 1.807) is 24.3 Å². The third kappa shape index (κ3) is 1.98. The van der Waals surface area contributed by atoms with Crippen molar-refractivity contribution in [2.24, 2.45) is 0 Å². The molecule has 1 amide bonds. The van der Waals surface area contributed by atoms with Crippen molar-refractivity contribution in [1.82, 2.24) is 15.3 Å². The third-order valence-corrected chi connectivity index (χ3v) is 2.72. The molecule has 0 spiro atoms. The maximum absolute atomic E-state index is 12.0. The minimum atomic E-state index is -0.121. The Balaban J connectivity index is 1.80. The maximum Gasteiger partial charge on any atom is 0.277 e. The maximum atomic E-state index is 12.0. The van der Waals surface area contributed by atoms with Gasteiger partial charge in [0.05, 0.1) is 13.2 Å². The Bertz CT molecular complexity index is 530. The summed E-state index contributed by atoms with van der Waals surface area (Å²) in [5, 5.41) is 8.80. The van der Waals surface area contributed by atoms with Crippen molar-refractivity contribution < 1.29 is 14.0 Å². The summed E-state index contributed by atoms with van der Waals surface area (Å²) >= 11 is 0. The molecular formula is C12H11N3O3. The lowest BCUT2D eigenvalue weighted by Gasteiger charge is -2.13. The van der Waals surface area contributed by atoms with Gasteiger partial charge in [-0.2, -0.15) is 0 Å². The fourth-order valence-corrected chi connectivity index (χ4v) is 1.81. The van der Waals surface area contributed by atoms with Crippen LogP contribution in [0.15, 0.2) is 35.1 Å². The first-order chi connectivity index (χ1) is 8.84. The molecule has 1 fully saturated rings. The molecule has 0 unspecified atom stereocenters. The smallest absolute Gasteiger partial charge is 0.277 e. The van der Waals surface area contributed by atoms with E-state index in [2.05, 4.69) is 10.2 Å². The molecule has 6 nitrogen and oxygen atoms in total. The lowest BCUT2D eigenvalue weighted by molar-refractivity contribution is -0.0768. The lowest BCUT2D eigenvalue weighted by atomic mass is 10.1. The Hall–Kier alpha value is -2.21.